The number of carbonyl (C=O) groups excluding carboxylic acids is 1. The summed E-state index contributed by atoms with van der Waals surface area (Å²) < 4.78 is 31.8. The lowest BCUT2D eigenvalue weighted by Crippen LogP contribution is -2.45. The van der Waals surface area contributed by atoms with Crippen molar-refractivity contribution >= 4 is 22.6 Å². The summed E-state index contributed by atoms with van der Waals surface area (Å²) in [6.07, 6.45) is 14.5. The predicted molar refractivity (Wildman–Crippen MR) is 179 cm³/mol. The minimum Gasteiger partial charge on any atom is -0.469 e. The minimum atomic E-state index is -1.98. The van der Waals surface area contributed by atoms with Gasteiger partial charge in [-0.2, -0.15) is 0 Å². The first-order valence-electron chi connectivity index (χ1n) is 16.6. The van der Waals surface area contributed by atoms with Gasteiger partial charge in [0.25, 0.3) is 0 Å². The van der Waals surface area contributed by atoms with Crippen LogP contribution in [0.25, 0.3) is 0 Å². The van der Waals surface area contributed by atoms with E-state index in [1.807, 2.05) is 0 Å². The zero-order valence-corrected chi connectivity index (χ0v) is 31.6. The summed E-state index contributed by atoms with van der Waals surface area (Å²) in [5.41, 5.74) is 0. The number of hydrogen-bond acceptors (Lipinski definition) is 6. The number of methoxy groups -OCH3 is 2. The van der Waals surface area contributed by atoms with Gasteiger partial charge in [-0.15, -0.1) is 0 Å². The summed E-state index contributed by atoms with van der Waals surface area (Å²) in [7, 11) is -0.684. The molecule has 0 aromatic rings. The molecule has 8 heteroatoms. The minimum absolute atomic E-state index is 0.106. The van der Waals surface area contributed by atoms with E-state index in [1.165, 1.54) is 26.4 Å². The maximum absolute atomic E-state index is 11.6. The average molecular weight is 627 g/mol. The first-order chi connectivity index (χ1) is 19.3. The van der Waals surface area contributed by atoms with Crippen LogP contribution in [-0.4, -0.2) is 60.9 Å². The van der Waals surface area contributed by atoms with Crippen molar-refractivity contribution < 1.29 is 27.9 Å². The molecule has 0 aromatic heterocycles. The molecule has 246 valence electrons. The van der Waals surface area contributed by atoms with Crippen molar-refractivity contribution in [1.82, 2.24) is 0 Å². The number of esters is 1. The molecule has 6 atom stereocenters. The standard InChI is InChI=1S/C34H66O6Si2/c1-14-15-16-19-26(39-41(10,11)32(2,3)4)21-22-27-28-25-34(37-9,23-18-17-20-31(35)36-8)38-29(28)24-30(27)40-42(12,13)33(5,6)7/h21-22,26-30H,14-20,23-25H2,1-13H3/b22-21+/t26-,27+,28+,29-,30+,34?/m0/s1. The van der Waals surface area contributed by atoms with Crippen LogP contribution in [-0.2, 0) is 27.9 Å². The summed E-state index contributed by atoms with van der Waals surface area (Å²) in [5.74, 6) is -0.166. The van der Waals surface area contributed by atoms with Crippen LogP contribution in [0.15, 0.2) is 12.2 Å². The zero-order valence-electron chi connectivity index (χ0n) is 29.6. The molecule has 42 heavy (non-hydrogen) atoms. The molecule has 0 spiro atoms. The second-order valence-electron chi connectivity index (χ2n) is 15.9. The van der Waals surface area contributed by atoms with Crippen LogP contribution in [0.5, 0.6) is 0 Å². The third kappa shape index (κ3) is 10.00. The topological polar surface area (TPSA) is 63.2 Å². The van der Waals surface area contributed by atoms with E-state index < -0.39 is 22.4 Å². The molecule has 6 nitrogen and oxygen atoms in total. The Morgan fingerprint density at radius 3 is 2.17 bits per heavy atom. The van der Waals surface area contributed by atoms with Gasteiger partial charge in [0.1, 0.15) is 0 Å². The van der Waals surface area contributed by atoms with E-state index in [2.05, 4.69) is 86.8 Å². The average Bonchev–Trinajstić information content (AvgIpc) is 3.37. The van der Waals surface area contributed by atoms with E-state index in [0.717, 1.165) is 38.5 Å². The Kier molecular flexibility index (Phi) is 13.6. The van der Waals surface area contributed by atoms with Crippen LogP contribution in [0.4, 0.5) is 0 Å². The molecule has 0 aromatic carbocycles. The normalized spacial score (nSPS) is 27.9. The molecule has 1 aliphatic carbocycles. The molecule has 1 heterocycles. The van der Waals surface area contributed by atoms with Crippen LogP contribution in [0.3, 0.4) is 0 Å². The van der Waals surface area contributed by atoms with Gasteiger partial charge in [-0.3, -0.25) is 4.79 Å². The highest BCUT2D eigenvalue weighted by atomic mass is 28.4. The second-order valence-corrected chi connectivity index (χ2v) is 25.5. The van der Waals surface area contributed by atoms with Crippen LogP contribution < -0.4 is 0 Å². The summed E-state index contributed by atoms with van der Waals surface area (Å²) >= 11 is 0. The fourth-order valence-corrected chi connectivity index (χ4v) is 8.55. The van der Waals surface area contributed by atoms with Gasteiger partial charge in [0, 0.05) is 32.3 Å². The maximum atomic E-state index is 11.6. The summed E-state index contributed by atoms with van der Waals surface area (Å²) in [5, 5.41) is 0.311. The van der Waals surface area contributed by atoms with Crippen LogP contribution >= 0.6 is 0 Å². The first-order valence-corrected chi connectivity index (χ1v) is 22.5. The van der Waals surface area contributed by atoms with Crippen molar-refractivity contribution in [3.8, 4) is 0 Å². The summed E-state index contributed by atoms with van der Waals surface area (Å²) in [6.45, 7) is 25.6. The number of ether oxygens (including phenoxy) is 3. The Morgan fingerprint density at radius 1 is 0.976 bits per heavy atom. The Bertz CT molecular complexity index is 874. The monoisotopic (exact) mass is 626 g/mol. The van der Waals surface area contributed by atoms with Gasteiger partial charge in [-0.05, 0) is 67.9 Å². The number of rotatable bonds is 16. The Hall–Kier alpha value is -0.516. The first kappa shape index (κ1) is 37.7. The fraction of sp³-hybridized carbons (Fsp3) is 0.912. The van der Waals surface area contributed by atoms with Crippen molar-refractivity contribution in [2.24, 2.45) is 11.8 Å². The molecular weight excluding hydrogens is 561 g/mol. The number of carbonyl (C=O) groups is 1. The maximum Gasteiger partial charge on any atom is 0.305 e. The quantitative estimate of drug-likeness (QED) is 0.0736. The predicted octanol–water partition coefficient (Wildman–Crippen LogP) is 9.40. The van der Waals surface area contributed by atoms with E-state index in [-0.39, 0.29) is 40.3 Å². The van der Waals surface area contributed by atoms with E-state index in [1.54, 1.807) is 7.11 Å². The van der Waals surface area contributed by atoms with Crippen molar-refractivity contribution in [2.75, 3.05) is 14.2 Å². The van der Waals surface area contributed by atoms with Gasteiger partial charge in [0.05, 0.1) is 25.4 Å². The van der Waals surface area contributed by atoms with E-state index in [0.29, 0.717) is 12.3 Å². The molecular formula is C34H66O6Si2. The zero-order chi connectivity index (χ0) is 32.0. The largest absolute Gasteiger partial charge is 0.469 e. The van der Waals surface area contributed by atoms with Gasteiger partial charge in [-0.1, -0.05) is 79.9 Å². The highest BCUT2D eigenvalue weighted by Crippen LogP contribution is 2.52. The molecule has 2 aliphatic rings. The number of unbranched alkanes of at least 4 members (excludes halogenated alkanes) is 3. The van der Waals surface area contributed by atoms with Crippen LogP contribution in [0.2, 0.25) is 36.3 Å². The second kappa shape index (κ2) is 15.2. The van der Waals surface area contributed by atoms with E-state index in [4.69, 9.17) is 23.1 Å². The van der Waals surface area contributed by atoms with Crippen molar-refractivity contribution in [3.05, 3.63) is 12.2 Å². The van der Waals surface area contributed by atoms with E-state index >= 15 is 0 Å². The van der Waals surface area contributed by atoms with Gasteiger partial charge >= 0.3 is 5.97 Å². The van der Waals surface area contributed by atoms with Gasteiger partial charge < -0.3 is 23.1 Å². The molecule has 1 aliphatic heterocycles. The highest BCUT2D eigenvalue weighted by molar-refractivity contribution is 6.74. The smallest absolute Gasteiger partial charge is 0.305 e. The Balaban J connectivity index is 2.32. The van der Waals surface area contributed by atoms with E-state index in [9.17, 15) is 4.79 Å². The van der Waals surface area contributed by atoms with Gasteiger partial charge in [0.15, 0.2) is 22.4 Å². The Labute approximate surface area is 261 Å². The molecule has 0 bridgehead atoms. The van der Waals surface area contributed by atoms with Crippen molar-refractivity contribution in [3.63, 3.8) is 0 Å². The lowest BCUT2D eigenvalue weighted by Gasteiger charge is -2.40. The van der Waals surface area contributed by atoms with Crippen LogP contribution in [0.1, 0.15) is 113 Å². The fourth-order valence-electron chi connectivity index (χ4n) is 5.88. The van der Waals surface area contributed by atoms with Crippen molar-refractivity contribution in [2.45, 2.75) is 173 Å². The summed E-state index contributed by atoms with van der Waals surface area (Å²) in [4.78, 5) is 11.6. The lowest BCUT2D eigenvalue weighted by atomic mass is 9.87. The SMILES string of the molecule is CCCCC[C@@H](/C=C/[C@@H]1[C@H]2CC(CCCCC(=O)OC)(OC)O[C@H]2C[C@H]1O[Si](C)(C)C(C)(C)C)O[Si](C)(C)C(C)(C)C. The lowest BCUT2D eigenvalue weighted by molar-refractivity contribution is -0.218. The highest BCUT2D eigenvalue weighted by Gasteiger charge is 2.56. The van der Waals surface area contributed by atoms with Crippen molar-refractivity contribution in [1.29, 1.82) is 0 Å². The molecule has 0 radical (unpaired) electrons. The molecule has 1 saturated heterocycles. The molecule has 0 N–H and O–H groups in total. The van der Waals surface area contributed by atoms with Gasteiger partial charge in [-0.25, -0.2) is 0 Å². The molecule has 1 unspecified atom stereocenters. The number of hydrogen-bond donors (Lipinski definition) is 0. The molecule has 2 rings (SSSR count). The molecule has 1 saturated carbocycles. The third-order valence-corrected chi connectivity index (χ3v) is 19.7. The number of fused-ring (bicyclic) bond motifs is 1. The Morgan fingerprint density at radius 2 is 1.62 bits per heavy atom. The molecule has 0 amide bonds. The van der Waals surface area contributed by atoms with Gasteiger partial charge in [0.2, 0.25) is 0 Å². The van der Waals surface area contributed by atoms with Crippen LogP contribution in [0, 0.1) is 11.8 Å². The molecule has 2 fully saturated rings. The summed E-state index contributed by atoms with van der Waals surface area (Å²) in [6, 6.07) is 0. The third-order valence-electron chi connectivity index (χ3n) is 10.7.